The van der Waals surface area contributed by atoms with E-state index < -0.39 is 0 Å². The van der Waals surface area contributed by atoms with Gasteiger partial charge in [-0.2, -0.15) is 0 Å². The third kappa shape index (κ3) is 5.95. The molecule has 6 heteroatoms. The maximum Gasteiger partial charge on any atom is 0.171 e. The lowest BCUT2D eigenvalue weighted by atomic mass is 9.44. The molecule has 6 nitrogen and oxygen atoms in total. The highest BCUT2D eigenvalue weighted by atomic mass is 16.7. The van der Waals surface area contributed by atoms with Crippen LogP contribution in [0.5, 0.6) is 0 Å². The third-order valence-electron chi connectivity index (χ3n) is 23.7. The zero-order chi connectivity index (χ0) is 41.8. The smallest absolute Gasteiger partial charge is 0.171 e. The van der Waals surface area contributed by atoms with Crippen LogP contribution in [-0.4, -0.2) is 54.0 Å². The first kappa shape index (κ1) is 42.1. The minimum absolute atomic E-state index is 0.0389. The molecular formula is C54H86O6. The van der Waals surface area contributed by atoms with Gasteiger partial charge >= 0.3 is 0 Å². The molecule has 0 amide bonds. The molecule has 4 saturated heterocycles. The summed E-state index contributed by atoms with van der Waals surface area (Å²) >= 11 is 0. The second-order valence-corrected chi connectivity index (χ2v) is 26.0. The lowest BCUT2D eigenvalue weighted by Gasteiger charge is -2.61. The van der Waals surface area contributed by atoms with Gasteiger partial charge in [-0.15, -0.1) is 0 Å². The molecule has 338 valence electrons. The number of aliphatic hydroxyl groups is 1. The minimum Gasteiger partial charge on any atom is -0.393 e. The van der Waals surface area contributed by atoms with E-state index in [9.17, 15) is 9.90 Å². The standard InChI is InChI=1S/C27H44O3.C27H42O3/c2*1-16-7-12-27(29-15-16)17(2)24-23(30-27)14-22-20-6-5-18-13-19(28)8-10-25(18,3)21(20)9-11-26(22,24)4/h16-24,28H,5-15H2,1-4H3;16-18,20-24H,5-15H2,1-4H3/t16-,17-,18+,19-,20+,21-,22-,23-,24-,25-,26-,27+;16-,17-,18+,20+,21-,22-,23-,24-,25-,26-,27+/m00/s1. The van der Waals surface area contributed by atoms with Gasteiger partial charge in [-0.05, 0) is 195 Å². The quantitative estimate of drug-likeness (QED) is 0.262. The van der Waals surface area contributed by atoms with Crippen molar-refractivity contribution < 1.29 is 28.8 Å². The summed E-state index contributed by atoms with van der Waals surface area (Å²) in [4.78, 5) is 12.2. The van der Waals surface area contributed by atoms with Crippen LogP contribution in [0.3, 0.4) is 0 Å². The Balaban J connectivity index is 0.000000136. The number of ether oxygens (including phenoxy) is 4. The molecule has 60 heavy (non-hydrogen) atoms. The van der Waals surface area contributed by atoms with E-state index in [4.69, 9.17) is 18.9 Å². The molecule has 8 aliphatic carbocycles. The van der Waals surface area contributed by atoms with Crippen LogP contribution >= 0.6 is 0 Å². The molecule has 0 aromatic carbocycles. The second-order valence-electron chi connectivity index (χ2n) is 26.0. The molecule has 23 atom stereocenters. The molecule has 2 spiro atoms. The third-order valence-corrected chi connectivity index (χ3v) is 23.7. The maximum atomic E-state index is 12.2. The van der Waals surface area contributed by atoms with Crippen molar-refractivity contribution in [3.8, 4) is 0 Å². The van der Waals surface area contributed by atoms with Crippen LogP contribution in [0, 0.1) is 105 Å². The number of rotatable bonds is 0. The normalized spacial score (nSPS) is 61.3. The summed E-state index contributed by atoms with van der Waals surface area (Å²) in [6.45, 7) is 21.7. The second kappa shape index (κ2) is 14.5. The lowest BCUT2D eigenvalue weighted by molar-refractivity contribution is -0.273. The highest BCUT2D eigenvalue weighted by Gasteiger charge is 2.71. The molecular weight excluding hydrogens is 745 g/mol. The average molecular weight is 831 g/mol. The number of hydrogen-bond acceptors (Lipinski definition) is 6. The monoisotopic (exact) mass is 831 g/mol. The Bertz CT molecular complexity index is 1650. The largest absolute Gasteiger partial charge is 0.393 e. The van der Waals surface area contributed by atoms with Crippen molar-refractivity contribution in [1.29, 1.82) is 0 Å². The number of hydrogen-bond donors (Lipinski definition) is 1. The van der Waals surface area contributed by atoms with Crippen LogP contribution in [0.1, 0.15) is 184 Å². The van der Waals surface area contributed by atoms with E-state index in [1.165, 1.54) is 83.5 Å². The van der Waals surface area contributed by atoms with Gasteiger partial charge in [0.2, 0.25) is 0 Å². The molecule has 0 aromatic heterocycles. The van der Waals surface area contributed by atoms with Crippen LogP contribution in [-0.2, 0) is 23.7 Å². The molecule has 0 radical (unpaired) electrons. The van der Waals surface area contributed by atoms with Gasteiger partial charge < -0.3 is 24.1 Å². The van der Waals surface area contributed by atoms with Crippen molar-refractivity contribution >= 4 is 5.78 Å². The zero-order valence-corrected chi connectivity index (χ0v) is 39.4. The van der Waals surface area contributed by atoms with Crippen molar-refractivity contribution in [3.63, 3.8) is 0 Å². The summed E-state index contributed by atoms with van der Waals surface area (Å²) in [7, 11) is 0. The van der Waals surface area contributed by atoms with Gasteiger partial charge in [-0.3, -0.25) is 4.79 Å². The maximum absolute atomic E-state index is 12.2. The van der Waals surface area contributed by atoms with E-state index in [-0.39, 0.29) is 17.7 Å². The van der Waals surface area contributed by atoms with Crippen LogP contribution in [0.4, 0.5) is 0 Å². The predicted molar refractivity (Wildman–Crippen MR) is 234 cm³/mol. The van der Waals surface area contributed by atoms with Gasteiger partial charge in [0, 0.05) is 37.5 Å². The number of ketones is 1. The van der Waals surface area contributed by atoms with E-state index in [0.717, 1.165) is 99.6 Å². The first-order valence-corrected chi connectivity index (χ1v) is 26.4. The van der Waals surface area contributed by atoms with Gasteiger partial charge in [-0.1, -0.05) is 55.4 Å². The SMILES string of the molecule is C[C@H]1CC[C@@]2(OC1)O[C@H]1C[C@H]3[C@@H]4CC[C@@H]5CC(=O)CC[C@]5(C)[C@H]4CC[C@]3(C)[C@H]1[C@@H]2C.C[C@H]1CC[C@@]2(OC1)O[C@H]1C[C@H]3[C@@H]4CC[C@@H]5C[C@@H](O)CC[C@]5(C)[C@H]4CC[C@]3(C)[C@H]1[C@@H]2C. The molecule has 4 heterocycles. The van der Waals surface area contributed by atoms with Crippen molar-refractivity contribution in [2.45, 2.75) is 214 Å². The molecule has 0 unspecified atom stereocenters. The summed E-state index contributed by atoms with van der Waals surface area (Å²) in [5.74, 6) is 10.2. The summed E-state index contributed by atoms with van der Waals surface area (Å²) in [5.41, 5.74) is 1.72. The number of fused-ring (bicyclic) bond motifs is 14. The Hall–Kier alpha value is -0.530. The van der Waals surface area contributed by atoms with Gasteiger partial charge in [0.05, 0.1) is 31.5 Å². The van der Waals surface area contributed by atoms with E-state index in [1.807, 2.05) is 0 Å². The van der Waals surface area contributed by atoms with Crippen molar-refractivity contribution in [2.24, 2.45) is 105 Å². The zero-order valence-electron chi connectivity index (χ0n) is 39.4. The fraction of sp³-hybridized carbons (Fsp3) is 0.981. The summed E-state index contributed by atoms with van der Waals surface area (Å²) < 4.78 is 26.7. The molecule has 8 saturated carbocycles. The Morgan fingerprint density at radius 2 is 1.00 bits per heavy atom. The van der Waals surface area contributed by atoms with Crippen molar-refractivity contribution in [3.05, 3.63) is 0 Å². The molecule has 12 fully saturated rings. The lowest BCUT2D eigenvalue weighted by Crippen LogP contribution is -2.55. The summed E-state index contributed by atoms with van der Waals surface area (Å²) in [6.07, 6.45) is 25.1. The van der Waals surface area contributed by atoms with Gasteiger partial charge in [0.1, 0.15) is 5.78 Å². The van der Waals surface area contributed by atoms with Crippen molar-refractivity contribution in [2.75, 3.05) is 13.2 Å². The van der Waals surface area contributed by atoms with E-state index in [1.54, 1.807) is 0 Å². The Labute approximate surface area is 364 Å². The van der Waals surface area contributed by atoms with Crippen LogP contribution in [0.2, 0.25) is 0 Å². The van der Waals surface area contributed by atoms with E-state index >= 15 is 0 Å². The number of carbonyl (C=O) groups excluding carboxylic acids is 1. The van der Waals surface area contributed by atoms with Gasteiger partial charge in [0.25, 0.3) is 0 Å². The highest BCUT2D eigenvalue weighted by molar-refractivity contribution is 5.79. The van der Waals surface area contributed by atoms with Crippen molar-refractivity contribution in [1.82, 2.24) is 0 Å². The molecule has 1 N–H and O–H groups in total. The fourth-order valence-corrected chi connectivity index (χ4v) is 20.3. The first-order valence-electron chi connectivity index (χ1n) is 26.4. The fourth-order valence-electron chi connectivity index (χ4n) is 20.3. The Morgan fingerprint density at radius 3 is 1.50 bits per heavy atom. The molecule has 4 aliphatic heterocycles. The Kier molecular flexibility index (Phi) is 10.2. The van der Waals surface area contributed by atoms with E-state index in [2.05, 4.69) is 55.4 Å². The molecule has 12 aliphatic rings. The summed E-state index contributed by atoms with van der Waals surface area (Å²) in [5, 5.41) is 10.3. The van der Waals surface area contributed by atoms with Crippen LogP contribution in [0.15, 0.2) is 0 Å². The highest BCUT2D eigenvalue weighted by Crippen LogP contribution is 2.73. The first-order chi connectivity index (χ1) is 28.5. The molecule has 0 aromatic rings. The van der Waals surface area contributed by atoms with Gasteiger partial charge in [0.15, 0.2) is 11.6 Å². The number of aliphatic hydroxyl groups excluding tert-OH is 1. The minimum atomic E-state index is -0.292. The molecule has 0 bridgehead atoms. The van der Waals surface area contributed by atoms with E-state index in [0.29, 0.717) is 81.1 Å². The topological polar surface area (TPSA) is 74.2 Å². The van der Waals surface area contributed by atoms with Crippen LogP contribution < -0.4 is 0 Å². The number of carbonyl (C=O) groups is 1. The summed E-state index contributed by atoms with van der Waals surface area (Å²) in [6, 6.07) is 0. The molecule has 12 rings (SSSR count). The number of Topliss-reactive ketones (excluding diaryl/α,β-unsaturated/α-hetero) is 1. The van der Waals surface area contributed by atoms with Gasteiger partial charge in [-0.25, -0.2) is 0 Å². The predicted octanol–water partition coefficient (Wildman–Crippen LogP) is 11.8. The Morgan fingerprint density at radius 1 is 0.517 bits per heavy atom. The van der Waals surface area contributed by atoms with Crippen LogP contribution in [0.25, 0.3) is 0 Å². The average Bonchev–Trinajstić information content (AvgIpc) is 3.87.